The molecule has 0 radical (unpaired) electrons. The summed E-state index contributed by atoms with van der Waals surface area (Å²) in [6, 6.07) is 13.9. The zero-order valence-electron chi connectivity index (χ0n) is 17.4. The molecule has 0 atom stereocenters. The minimum absolute atomic E-state index is 0.0870. The van der Waals surface area contributed by atoms with E-state index in [0.717, 1.165) is 0 Å². The molecule has 4 aromatic heterocycles. The third kappa shape index (κ3) is 3.71. The lowest BCUT2D eigenvalue weighted by molar-refractivity contribution is 0.525. The van der Waals surface area contributed by atoms with Gasteiger partial charge in [-0.15, -0.1) is 0 Å². The van der Waals surface area contributed by atoms with Crippen LogP contribution in [0.4, 0.5) is 0 Å². The van der Waals surface area contributed by atoms with E-state index in [1.165, 1.54) is 0 Å². The van der Waals surface area contributed by atoms with E-state index in [-0.39, 0.29) is 12.3 Å². The third-order valence-electron chi connectivity index (χ3n) is 5.06. The summed E-state index contributed by atoms with van der Waals surface area (Å²) in [4.78, 5) is 0. The van der Waals surface area contributed by atoms with Crippen molar-refractivity contribution in [2.24, 2.45) is 0 Å². The Morgan fingerprint density at radius 3 is 0.900 bits per heavy atom. The van der Waals surface area contributed by atoms with Crippen molar-refractivity contribution in [2.75, 3.05) is 12.3 Å². The van der Waals surface area contributed by atoms with E-state index in [2.05, 4.69) is 0 Å². The highest BCUT2D eigenvalue weighted by atomic mass is 31.2. The lowest BCUT2D eigenvalue weighted by atomic mass is 10.5. The fourth-order valence-corrected chi connectivity index (χ4v) is 9.40. The molecule has 0 aliphatic rings. The van der Waals surface area contributed by atoms with Crippen LogP contribution in [0, 0.1) is 27.7 Å². The summed E-state index contributed by atoms with van der Waals surface area (Å²) in [5, 5.41) is 0. The van der Waals surface area contributed by atoms with E-state index >= 15 is 0 Å². The summed E-state index contributed by atoms with van der Waals surface area (Å²) >= 11 is 0. The van der Waals surface area contributed by atoms with Gasteiger partial charge < -0.3 is 26.8 Å². The van der Waals surface area contributed by atoms with Crippen molar-refractivity contribution >= 4 is 36.3 Å². The molecule has 4 rings (SSSR count). The van der Waals surface area contributed by atoms with E-state index in [9.17, 15) is 9.13 Å². The van der Waals surface area contributed by atoms with Crippen molar-refractivity contribution in [3.63, 3.8) is 0 Å². The Morgan fingerprint density at radius 1 is 0.500 bits per heavy atom. The number of furan rings is 4. The number of hydrogen-bond acceptors (Lipinski definition) is 6. The number of aryl methyl sites for hydroxylation is 4. The van der Waals surface area contributed by atoms with Crippen LogP contribution in [-0.4, -0.2) is 12.3 Å². The molecule has 4 heterocycles. The van der Waals surface area contributed by atoms with Gasteiger partial charge >= 0.3 is 0 Å². The van der Waals surface area contributed by atoms with Crippen molar-refractivity contribution in [3.05, 3.63) is 71.6 Å². The van der Waals surface area contributed by atoms with Gasteiger partial charge in [-0.25, -0.2) is 0 Å². The molecule has 0 N–H and O–H groups in total. The largest absolute Gasteiger partial charge is 0.458 e. The molecule has 0 spiro atoms. The molecule has 0 aliphatic heterocycles. The van der Waals surface area contributed by atoms with E-state index in [4.69, 9.17) is 17.7 Å². The van der Waals surface area contributed by atoms with Gasteiger partial charge in [0.1, 0.15) is 23.0 Å². The molecule has 30 heavy (non-hydrogen) atoms. The Kier molecular flexibility index (Phi) is 5.34. The molecule has 6 nitrogen and oxygen atoms in total. The Bertz CT molecular complexity index is 1080. The predicted molar refractivity (Wildman–Crippen MR) is 117 cm³/mol. The first-order valence-electron chi connectivity index (χ1n) is 9.67. The van der Waals surface area contributed by atoms with Crippen LogP contribution in [0.15, 0.2) is 66.2 Å². The van der Waals surface area contributed by atoms with Gasteiger partial charge in [0.15, 0.2) is 22.0 Å². The summed E-state index contributed by atoms with van der Waals surface area (Å²) in [6.07, 6.45) is 0.174. The topological polar surface area (TPSA) is 86.7 Å². The Morgan fingerprint density at radius 2 is 0.733 bits per heavy atom. The fraction of sp³-hybridized carbons (Fsp3) is 0.273. The Balaban J connectivity index is 1.77. The second kappa shape index (κ2) is 7.68. The molecule has 0 aromatic carbocycles. The second-order valence-corrected chi connectivity index (χ2v) is 13.1. The van der Waals surface area contributed by atoms with Crippen LogP contribution in [0.3, 0.4) is 0 Å². The van der Waals surface area contributed by atoms with Crippen LogP contribution < -0.4 is 22.0 Å². The summed E-state index contributed by atoms with van der Waals surface area (Å²) in [5.74, 6) is 2.61. The normalized spacial score (nSPS) is 12.5. The van der Waals surface area contributed by atoms with Crippen molar-refractivity contribution in [1.29, 1.82) is 0 Å². The third-order valence-corrected chi connectivity index (χ3v) is 10.9. The zero-order chi connectivity index (χ0) is 21.5. The minimum Gasteiger partial charge on any atom is -0.458 e. The molecule has 0 saturated carbocycles. The van der Waals surface area contributed by atoms with Crippen LogP contribution in [0.25, 0.3) is 0 Å². The summed E-state index contributed by atoms with van der Waals surface area (Å²) in [6.45, 7) is 7.18. The van der Waals surface area contributed by atoms with Crippen molar-refractivity contribution in [2.45, 2.75) is 27.7 Å². The van der Waals surface area contributed by atoms with Crippen molar-refractivity contribution in [1.82, 2.24) is 0 Å². The van der Waals surface area contributed by atoms with Crippen LogP contribution in [-0.2, 0) is 9.13 Å². The van der Waals surface area contributed by atoms with Crippen LogP contribution >= 0.6 is 14.3 Å². The lowest BCUT2D eigenvalue weighted by Gasteiger charge is -2.18. The summed E-state index contributed by atoms with van der Waals surface area (Å²) < 4.78 is 51.3. The van der Waals surface area contributed by atoms with E-state index in [1.807, 2.05) is 0 Å². The molecule has 0 fully saturated rings. The number of rotatable bonds is 7. The molecule has 0 aliphatic carbocycles. The van der Waals surface area contributed by atoms with E-state index in [1.54, 1.807) is 76.2 Å². The maximum Gasteiger partial charge on any atom is 0.210 e. The zero-order valence-corrected chi connectivity index (χ0v) is 19.2. The molecular weight excluding hydrogens is 422 g/mol. The Labute approximate surface area is 175 Å². The van der Waals surface area contributed by atoms with Crippen LogP contribution in [0.5, 0.6) is 0 Å². The van der Waals surface area contributed by atoms with Gasteiger partial charge in [-0.3, -0.25) is 0 Å². The SMILES string of the molecule is Cc1ccc(P(=O)(CCP(=O)(c2ccc(C)o2)c2ccc(C)o2)c2ccc(C)o2)o1. The van der Waals surface area contributed by atoms with Crippen molar-refractivity contribution in [3.8, 4) is 0 Å². The van der Waals surface area contributed by atoms with Gasteiger partial charge in [0.05, 0.1) is 0 Å². The van der Waals surface area contributed by atoms with Gasteiger partial charge in [-0.2, -0.15) is 0 Å². The molecule has 0 bridgehead atoms. The molecule has 0 saturated heterocycles. The quantitative estimate of drug-likeness (QED) is 0.385. The second-order valence-electron chi connectivity index (χ2n) is 7.46. The van der Waals surface area contributed by atoms with E-state index in [0.29, 0.717) is 45.0 Å². The highest BCUT2D eigenvalue weighted by Crippen LogP contribution is 2.51. The van der Waals surface area contributed by atoms with Crippen LogP contribution in [0.1, 0.15) is 23.0 Å². The number of hydrogen-bond donors (Lipinski definition) is 0. The highest BCUT2D eigenvalue weighted by Gasteiger charge is 2.40. The molecule has 158 valence electrons. The average molecular weight is 446 g/mol. The van der Waals surface area contributed by atoms with Gasteiger partial charge in [-0.05, 0) is 76.2 Å². The first-order valence-corrected chi connectivity index (χ1v) is 13.5. The molecule has 0 amide bonds. The predicted octanol–water partition coefficient (Wildman–Crippen LogP) is 4.62. The molecule has 0 unspecified atom stereocenters. The maximum absolute atomic E-state index is 14.2. The van der Waals surface area contributed by atoms with Crippen molar-refractivity contribution < 1.29 is 26.8 Å². The Hall–Kier alpha value is -2.42. The first kappa shape index (κ1) is 20.8. The molecule has 8 heteroatoms. The highest BCUT2D eigenvalue weighted by molar-refractivity contribution is 7.81. The lowest BCUT2D eigenvalue weighted by Crippen LogP contribution is -2.23. The smallest absolute Gasteiger partial charge is 0.210 e. The minimum atomic E-state index is -3.30. The maximum atomic E-state index is 14.2. The van der Waals surface area contributed by atoms with Gasteiger partial charge in [-0.1, -0.05) is 0 Å². The van der Waals surface area contributed by atoms with E-state index < -0.39 is 14.3 Å². The van der Waals surface area contributed by atoms with Gasteiger partial charge in [0.25, 0.3) is 0 Å². The molecule has 4 aromatic rings. The van der Waals surface area contributed by atoms with Crippen LogP contribution in [0.2, 0.25) is 0 Å². The first-order chi connectivity index (χ1) is 14.2. The summed E-state index contributed by atoms with van der Waals surface area (Å²) in [7, 11) is -6.59. The fourth-order valence-electron chi connectivity index (χ4n) is 3.40. The molecular formula is C22H24O6P2. The average Bonchev–Trinajstić information content (AvgIpc) is 3.48. The summed E-state index contributed by atoms with van der Waals surface area (Å²) in [5.41, 5.74) is 1.36. The monoisotopic (exact) mass is 446 g/mol. The van der Waals surface area contributed by atoms with Gasteiger partial charge in [0, 0.05) is 12.3 Å². The standard InChI is InChI=1S/C22H24O6P2/c1-15-5-9-19(25-15)29(23,20-10-6-16(2)26-20)13-14-30(24,21-11-7-17(3)27-21)22-12-8-18(4)28-22/h5-12H,13-14H2,1-4H3. The van der Waals surface area contributed by atoms with Gasteiger partial charge in [0.2, 0.25) is 14.3 Å².